The van der Waals surface area contributed by atoms with Crippen molar-refractivity contribution in [1.29, 1.82) is 0 Å². The van der Waals surface area contributed by atoms with Crippen LogP contribution in [0.3, 0.4) is 0 Å². The first kappa shape index (κ1) is 20.1. The lowest BCUT2D eigenvalue weighted by atomic mass is 10.3. The Morgan fingerprint density at radius 1 is 0.885 bits per heavy atom. The fourth-order valence-electron chi connectivity index (χ4n) is 2.06. The monoisotopic (exact) mass is 420 g/mol. The molecule has 0 saturated carbocycles. The van der Waals surface area contributed by atoms with Crippen molar-refractivity contribution in [2.24, 2.45) is 0 Å². The van der Waals surface area contributed by atoms with Crippen LogP contribution in [0, 0.1) is 0 Å². The van der Waals surface area contributed by atoms with Crippen LogP contribution < -0.4 is 18.9 Å². The lowest BCUT2D eigenvalue weighted by molar-refractivity contribution is 0.354. The molecule has 0 aliphatic heterocycles. The number of rotatable bonds is 7. The maximum absolute atomic E-state index is 12.5. The van der Waals surface area contributed by atoms with Crippen LogP contribution in [0.1, 0.15) is 0 Å². The smallest absolute Gasteiger partial charge is 0.262 e. The molecule has 0 unspecified atom stereocenters. The molecule has 0 bridgehead atoms. The molecule has 2 aromatic rings. The Balaban J connectivity index is 2.31. The average Bonchev–Trinajstić information content (AvgIpc) is 2.55. The minimum Gasteiger partial charge on any atom is -0.493 e. The summed E-state index contributed by atoms with van der Waals surface area (Å²) in [6.45, 7) is 0. The Kier molecular flexibility index (Phi) is 5.89. The van der Waals surface area contributed by atoms with E-state index < -0.39 is 20.0 Å². The molecular formula is C15H17ClN2O6S2. The van der Waals surface area contributed by atoms with Crippen molar-refractivity contribution in [3.63, 3.8) is 0 Å². The van der Waals surface area contributed by atoms with E-state index in [2.05, 4.69) is 9.44 Å². The Morgan fingerprint density at radius 2 is 1.54 bits per heavy atom. The molecular weight excluding hydrogens is 404 g/mol. The molecule has 2 aromatic carbocycles. The zero-order valence-electron chi connectivity index (χ0n) is 14.1. The van der Waals surface area contributed by atoms with Gasteiger partial charge in [-0.1, -0.05) is 11.6 Å². The number of anilines is 2. The van der Waals surface area contributed by atoms with Crippen LogP contribution in [0.15, 0.2) is 41.3 Å². The van der Waals surface area contributed by atoms with E-state index in [9.17, 15) is 16.8 Å². The van der Waals surface area contributed by atoms with Gasteiger partial charge < -0.3 is 9.47 Å². The number of halogens is 1. The van der Waals surface area contributed by atoms with Gasteiger partial charge in [0, 0.05) is 6.07 Å². The predicted molar refractivity (Wildman–Crippen MR) is 100 cm³/mol. The van der Waals surface area contributed by atoms with Gasteiger partial charge in [0.2, 0.25) is 10.0 Å². The van der Waals surface area contributed by atoms with Gasteiger partial charge in [0.05, 0.1) is 41.8 Å². The highest BCUT2D eigenvalue weighted by Crippen LogP contribution is 2.31. The van der Waals surface area contributed by atoms with E-state index in [1.54, 1.807) is 0 Å². The van der Waals surface area contributed by atoms with Gasteiger partial charge in [-0.25, -0.2) is 16.8 Å². The molecule has 0 heterocycles. The number of hydrogen-bond donors (Lipinski definition) is 2. The van der Waals surface area contributed by atoms with Crippen LogP contribution >= 0.6 is 11.6 Å². The molecule has 142 valence electrons. The molecule has 0 spiro atoms. The summed E-state index contributed by atoms with van der Waals surface area (Å²) in [4.78, 5) is -0.0374. The van der Waals surface area contributed by atoms with E-state index in [0.717, 1.165) is 6.26 Å². The molecule has 11 heteroatoms. The van der Waals surface area contributed by atoms with E-state index in [0.29, 0.717) is 5.75 Å². The van der Waals surface area contributed by atoms with Crippen molar-refractivity contribution in [2.45, 2.75) is 4.90 Å². The summed E-state index contributed by atoms with van der Waals surface area (Å²) < 4.78 is 62.4. The van der Waals surface area contributed by atoms with Crippen molar-refractivity contribution < 1.29 is 26.3 Å². The van der Waals surface area contributed by atoms with Gasteiger partial charge in [0.25, 0.3) is 10.0 Å². The largest absolute Gasteiger partial charge is 0.493 e. The second kappa shape index (κ2) is 7.60. The average molecular weight is 421 g/mol. The number of nitrogens with one attached hydrogen (secondary N) is 2. The molecule has 0 aromatic heterocycles. The second-order valence-electron chi connectivity index (χ2n) is 5.19. The zero-order valence-corrected chi connectivity index (χ0v) is 16.5. The third-order valence-corrected chi connectivity index (χ3v) is 5.46. The van der Waals surface area contributed by atoms with Gasteiger partial charge in [-0.2, -0.15) is 0 Å². The van der Waals surface area contributed by atoms with Crippen LogP contribution in [0.5, 0.6) is 11.5 Å². The van der Waals surface area contributed by atoms with Crippen molar-refractivity contribution in [1.82, 2.24) is 0 Å². The Morgan fingerprint density at radius 3 is 2.08 bits per heavy atom. The first-order valence-electron chi connectivity index (χ1n) is 7.08. The van der Waals surface area contributed by atoms with Crippen molar-refractivity contribution in [3.8, 4) is 11.5 Å². The summed E-state index contributed by atoms with van der Waals surface area (Å²) >= 11 is 6.00. The summed E-state index contributed by atoms with van der Waals surface area (Å²) in [6.07, 6.45) is 0.983. The quantitative estimate of drug-likeness (QED) is 0.712. The standard InChI is InChI=1S/C15H17ClN2O6S2/c1-23-14-7-5-11(9-15(14)24-2)26(21,22)17-10-4-6-13(12(16)8-10)18-25(3,19)20/h4-9,17-18H,1-3H3. The molecule has 0 aliphatic rings. The van der Waals surface area contributed by atoms with Gasteiger partial charge in [0.1, 0.15) is 0 Å². The molecule has 0 fully saturated rings. The highest BCUT2D eigenvalue weighted by Gasteiger charge is 2.18. The minimum absolute atomic E-state index is 0.0374. The van der Waals surface area contributed by atoms with E-state index >= 15 is 0 Å². The topological polar surface area (TPSA) is 111 Å². The maximum Gasteiger partial charge on any atom is 0.262 e. The summed E-state index contributed by atoms with van der Waals surface area (Å²) in [6, 6.07) is 8.20. The molecule has 0 atom stereocenters. The molecule has 8 nitrogen and oxygen atoms in total. The number of hydrogen-bond acceptors (Lipinski definition) is 6. The van der Waals surface area contributed by atoms with E-state index in [-0.39, 0.29) is 27.0 Å². The van der Waals surface area contributed by atoms with Gasteiger partial charge in [-0.05, 0) is 30.3 Å². The number of ether oxygens (including phenoxy) is 2. The van der Waals surface area contributed by atoms with Gasteiger partial charge >= 0.3 is 0 Å². The van der Waals surface area contributed by atoms with Crippen LogP contribution in [0.2, 0.25) is 5.02 Å². The molecule has 0 aliphatic carbocycles. The van der Waals surface area contributed by atoms with E-state index in [4.69, 9.17) is 21.1 Å². The molecule has 0 saturated heterocycles. The van der Waals surface area contributed by atoms with Crippen molar-refractivity contribution in [3.05, 3.63) is 41.4 Å². The second-order valence-corrected chi connectivity index (χ2v) is 9.03. The van der Waals surface area contributed by atoms with Crippen molar-refractivity contribution >= 4 is 43.0 Å². The number of methoxy groups -OCH3 is 2. The van der Waals surface area contributed by atoms with E-state index in [1.165, 1.54) is 50.6 Å². The molecule has 0 amide bonds. The lowest BCUT2D eigenvalue weighted by Gasteiger charge is -2.13. The fourth-order valence-corrected chi connectivity index (χ4v) is 3.98. The number of sulfonamides is 2. The van der Waals surface area contributed by atoms with Gasteiger partial charge in [0.15, 0.2) is 11.5 Å². The maximum atomic E-state index is 12.5. The summed E-state index contributed by atoms with van der Waals surface area (Å²) in [7, 11) is -4.58. The molecule has 0 radical (unpaired) electrons. The van der Waals surface area contributed by atoms with Crippen molar-refractivity contribution in [2.75, 3.05) is 29.9 Å². The lowest BCUT2D eigenvalue weighted by Crippen LogP contribution is -2.14. The Bertz CT molecular complexity index is 1020. The van der Waals surface area contributed by atoms with Crippen LogP contribution in [-0.4, -0.2) is 37.3 Å². The van der Waals surface area contributed by atoms with Crippen LogP contribution in [0.25, 0.3) is 0 Å². The molecule has 26 heavy (non-hydrogen) atoms. The summed E-state index contributed by atoms with van der Waals surface area (Å²) in [5.41, 5.74) is 0.312. The molecule has 2 rings (SSSR count). The fraction of sp³-hybridized carbons (Fsp3) is 0.200. The first-order valence-corrected chi connectivity index (χ1v) is 10.8. The van der Waals surface area contributed by atoms with Gasteiger partial charge in [-0.3, -0.25) is 9.44 Å². The summed E-state index contributed by atoms with van der Waals surface area (Å²) in [5.74, 6) is 0.659. The zero-order chi connectivity index (χ0) is 19.5. The Labute approximate surface area is 157 Å². The Hall–Kier alpha value is -2.17. The first-order chi connectivity index (χ1) is 12.1. The minimum atomic E-state index is -3.92. The highest BCUT2D eigenvalue weighted by atomic mass is 35.5. The third-order valence-electron chi connectivity index (χ3n) is 3.18. The van der Waals surface area contributed by atoms with Crippen LogP contribution in [-0.2, 0) is 20.0 Å². The highest BCUT2D eigenvalue weighted by molar-refractivity contribution is 7.92. The predicted octanol–water partition coefficient (Wildman–Crippen LogP) is 2.53. The normalized spacial score (nSPS) is 11.7. The van der Waals surface area contributed by atoms with Crippen LogP contribution in [0.4, 0.5) is 11.4 Å². The summed E-state index contributed by atoms with van der Waals surface area (Å²) in [5, 5.41) is 0.0444. The SMILES string of the molecule is COc1ccc(S(=O)(=O)Nc2ccc(NS(C)(=O)=O)c(Cl)c2)cc1OC. The molecule has 2 N–H and O–H groups in total. The number of benzene rings is 2. The van der Waals surface area contributed by atoms with E-state index in [1.807, 2.05) is 0 Å². The van der Waals surface area contributed by atoms with Gasteiger partial charge in [-0.15, -0.1) is 0 Å². The third kappa shape index (κ3) is 4.93.